The third-order valence-corrected chi connectivity index (χ3v) is 17.2. The number of primary amides is 1. The summed E-state index contributed by atoms with van der Waals surface area (Å²) in [5, 5.41) is 32.5. The molecule has 0 spiro atoms. The van der Waals surface area contributed by atoms with E-state index in [1.54, 1.807) is 59.0 Å². The quantitative estimate of drug-likeness (QED) is 0.0241. The number of nitrogens with zero attached hydrogens (tertiary/aromatic N) is 1. The Kier molecular flexibility index (Phi) is 25.2. The van der Waals surface area contributed by atoms with Crippen LogP contribution in [0.25, 0.3) is 0 Å². The predicted octanol–water partition coefficient (Wildman–Crippen LogP) is 5.91. The summed E-state index contributed by atoms with van der Waals surface area (Å²) in [6.45, 7) is 9.59. The number of hydrogen-bond acceptors (Lipinski definition) is 16. The zero-order valence-corrected chi connectivity index (χ0v) is 51.4. The maximum Gasteiger partial charge on any atom is 0.412 e. The zero-order valence-electron chi connectivity index (χ0n) is 47.4. The summed E-state index contributed by atoms with van der Waals surface area (Å²) in [7, 11) is 4.41. The number of urea groups is 1. The predicted molar refractivity (Wildman–Crippen MR) is 316 cm³/mol. The number of benzene rings is 2. The molecule has 2 saturated heterocycles. The highest BCUT2D eigenvalue weighted by molar-refractivity contribution is 9.10. The average Bonchev–Trinajstić information content (AvgIpc) is 2.76. The van der Waals surface area contributed by atoms with E-state index in [0.717, 1.165) is 23.7 Å². The standard InChI is InChI=1S/C56H78Br2ClN9O14/c1-32(2)47(63-38(28-69)14-9-10-22-62-55(29-57,30-58)31-70)50(73)66-39(15-12-21-61-51(60)74)49(72)64-36-17-19-37(20-18-36)65-52(75)81-44-26-45(71)68(6)40-24-35(25-41(78-7)46(40)59)23-33(3)13-11-16-43(79-8)56(77)27-42(80-53(76)67-56)34(4)48-54(44,5)82-48/h11,13,16-20,24-25,28,31-32,34,38-39,42-44,47-48,62-63,77H,9-10,12,14-15,21-23,26-27,29-30H2,1-8H3,(H,64,72)(H,65,75)(H,66,73)(H,67,76)(H3,60,61,74)/b16-11+,33-13+/t34-,38?,39+,42+,43-,44+,47+,48+,54+,56+/m1/s1. The number of epoxide rings is 1. The van der Waals surface area contributed by atoms with Gasteiger partial charge in [-0.25, -0.2) is 14.4 Å². The van der Waals surface area contributed by atoms with Crippen LogP contribution in [-0.4, -0.2) is 158 Å². The molecule has 10 N–H and O–H groups in total. The van der Waals surface area contributed by atoms with Gasteiger partial charge in [-0.3, -0.25) is 30.3 Å². The minimum atomic E-state index is -1.89. The van der Waals surface area contributed by atoms with Gasteiger partial charge in [0.05, 0.1) is 42.9 Å². The molecular formula is C56H78Br2ClN9O14. The molecule has 10 atom stereocenters. The molecular weight excluding hydrogens is 1220 g/mol. The fraction of sp³-hybridized carbons (Fsp3) is 0.571. The Labute approximate surface area is 500 Å². The van der Waals surface area contributed by atoms with Gasteiger partial charge in [0.2, 0.25) is 17.7 Å². The van der Waals surface area contributed by atoms with E-state index in [2.05, 4.69) is 69.1 Å². The molecule has 2 aromatic rings. The highest BCUT2D eigenvalue weighted by Gasteiger charge is 2.64. The molecule has 1 unspecified atom stereocenters. The monoisotopic (exact) mass is 1290 g/mol. The number of nitrogens with one attached hydrogen (secondary N) is 7. The number of hydrogen-bond donors (Lipinski definition) is 9. The maximum atomic E-state index is 14.4. The van der Waals surface area contributed by atoms with Crippen molar-refractivity contribution in [1.29, 1.82) is 0 Å². The molecule has 0 aliphatic carbocycles. The third kappa shape index (κ3) is 18.2. The van der Waals surface area contributed by atoms with E-state index in [1.807, 2.05) is 13.0 Å². The highest BCUT2D eigenvalue weighted by atomic mass is 79.9. The second-order valence-corrected chi connectivity index (χ2v) is 23.0. The fourth-order valence-electron chi connectivity index (χ4n) is 9.85. The number of amides is 7. The molecule has 4 bridgehead atoms. The molecule has 23 nitrogen and oxygen atoms in total. The lowest BCUT2D eigenvalue weighted by Gasteiger charge is -2.42. The van der Waals surface area contributed by atoms with Crippen LogP contribution in [0.2, 0.25) is 5.02 Å². The van der Waals surface area contributed by atoms with Gasteiger partial charge in [0.25, 0.3) is 0 Å². The SMILES string of the molecule is COc1cc2cc(c1Cl)N(C)C(=O)C[C@H](OC(=O)Nc1ccc(NC(=O)[C@H](CCCNC(N)=O)NC(=O)[C@@H](NC(C=O)CCCCNC(C=O)(CBr)CBr)C(C)C)cc1)[C@]1(C)O[C@H]1[C@H](C)[C@@H]1C[C@@](O)(NC(=O)O1)[C@H](OC)/C=C/C=C(\C)C2. The van der Waals surface area contributed by atoms with Crippen LogP contribution in [0, 0.1) is 11.8 Å². The van der Waals surface area contributed by atoms with Crippen molar-refractivity contribution >= 4 is 109 Å². The number of ether oxygens (including phenoxy) is 5. The second kappa shape index (κ2) is 30.8. The Morgan fingerprint density at radius 1 is 1.01 bits per heavy atom. The Morgan fingerprint density at radius 3 is 2.30 bits per heavy atom. The number of halogens is 3. The first-order chi connectivity index (χ1) is 38.9. The van der Waals surface area contributed by atoms with Crippen molar-refractivity contribution in [3.63, 3.8) is 0 Å². The summed E-state index contributed by atoms with van der Waals surface area (Å²) >= 11 is 13.6. The molecule has 452 valence electrons. The van der Waals surface area contributed by atoms with Gasteiger partial charge in [-0.15, -0.1) is 0 Å². The summed E-state index contributed by atoms with van der Waals surface area (Å²) in [6, 6.07) is 6.12. The van der Waals surface area contributed by atoms with Crippen molar-refractivity contribution in [2.24, 2.45) is 17.6 Å². The van der Waals surface area contributed by atoms with Gasteiger partial charge in [0.15, 0.2) is 5.72 Å². The molecule has 2 fully saturated rings. The Hall–Kier alpha value is -5.67. The first-order valence-corrected chi connectivity index (χ1v) is 29.7. The van der Waals surface area contributed by atoms with Crippen molar-refractivity contribution in [1.82, 2.24) is 26.6 Å². The summed E-state index contributed by atoms with van der Waals surface area (Å²) in [6.07, 6.45) is 2.93. The Bertz CT molecular complexity index is 2650. The van der Waals surface area contributed by atoms with E-state index in [-0.39, 0.29) is 48.1 Å². The molecule has 3 heterocycles. The normalized spacial score (nSPS) is 25.1. The molecule has 3 aliphatic heterocycles. The van der Waals surface area contributed by atoms with Crippen LogP contribution in [0.1, 0.15) is 85.1 Å². The number of allylic oxidation sites excluding steroid dienone is 3. The Morgan fingerprint density at radius 2 is 1.70 bits per heavy atom. The molecule has 2 aromatic carbocycles. The minimum Gasteiger partial charge on any atom is -0.495 e. The van der Waals surface area contributed by atoms with Crippen molar-refractivity contribution in [2.45, 2.75) is 145 Å². The number of alkyl carbamates (subject to hydrolysis) is 1. The number of alkyl halides is 2. The highest BCUT2D eigenvalue weighted by Crippen LogP contribution is 2.49. The Balaban J connectivity index is 1.32. The number of aldehydes is 2. The number of rotatable bonds is 25. The van der Waals surface area contributed by atoms with E-state index >= 15 is 0 Å². The minimum absolute atomic E-state index is 0.0904. The molecule has 26 heteroatoms. The molecule has 0 radical (unpaired) electrons. The number of aliphatic hydroxyl groups is 1. The molecule has 3 aliphatic rings. The van der Waals surface area contributed by atoms with Crippen LogP contribution in [-0.2, 0) is 49.3 Å². The van der Waals surface area contributed by atoms with Crippen LogP contribution in [0.4, 0.5) is 31.4 Å². The number of fused-ring (bicyclic) bond motifs is 5. The summed E-state index contributed by atoms with van der Waals surface area (Å²) in [5.41, 5.74) is 3.80. The second-order valence-electron chi connectivity index (χ2n) is 21.5. The van der Waals surface area contributed by atoms with Crippen molar-refractivity contribution < 1.29 is 67.1 Å². The van der Waals surface area contributed by atoms with Gasteiger partial charge in [-0.05, 0) is 100 Å². The third-order valence-electron chi connectivity index (χ3n) is 14.8. The molecule has 5 rings (SSSR count). The maximum absolute atomic E-state index is 14.4. The van der Waals surface area contributed by atoms with Gasteiger partial charge in [0.1, 0.15) is 53.3 Å². The van der Waals surface area contributed by atoms with Crippen LogP contribution in [0.15, 0.2) is 60.2 Å². The van der Waals surface area contributed by atoms with E-state index in [9.17, 15) is 43.5 Å². The lowest BCUT2D eigenvalue weighted by molar-refractivity contribution is -0.142. The average molecular weight is 1300 g/mol. The van der Waals surface area contributed by atoms with E-state index in [1.165, 1.54) is 43.4 Å². The lowest BCUT2D eigenvalue weighted by Crippen LogP contribution is -2.63. The first kappa shape index (κ1) is 67.1. The number of unbranched alkanes of at least 4 members (excludes halogenated alkanes) is 1. The number of methoxy groups -OCH3 is 2. The van der Waals surface area contributed by atoms with Crippen LogP contribution in [0.3, 0.4) is 0 Å². The number of anilines is 3. The van der Waals surface area contributed by atoms with Crippen molar-refractivity contribution in [3.8, 4) is 5.75 Å². The van der Waals surface area contributed by atoms with Gasteiger partial charge < -0.3 is 70.3 Å². The fourth-order valence-corrected chi connectivity index (χ4v) is 11.8. The number of carbonyl (C=O) groups is 8. The number of nitrogens with two attached hydrogens (primary N) is 1. The van der Waals surface area contributed by atoms with E-state index in [0.29, 0.717) is 54.3 Å². The molecule has 82 heavy (non-hydrogen) atoms. The molecule has 0 saturated carbocycles. The van der Waals surface area contributed by atoms with Crippen LogP contribution < -0.4 is 52.6 Å². The number of carbonyl (C=O) groups excluding carboxylic acids is 8. The summed E-state index contributed by atoms with van der Waals surface area (Å²) in [5.74, 6) is -2.21. The van der Waals surface area contributed by atoms with Gasteiger partial charge in [-0.2, -0.15) is 0 Å². The van der Waals surface area contributed by atoms with Crippen LogP contribution in [0.5, 0.6) is 5.75 Å². The van der Waals surface area contributed by atoms with E-state index < -0.39 is 108 Å². The smallest absolute Gasteiger partial charge is 0.412 e. The zero-order chi connectivity index (χ0) is 60.5. The first-order valence-electron chi connectivity index (χ1n) is 27.0. The van der Waals surface area contributed by atoms with E-state index in [4.69, 9.17) is 41.0 Å². The molecule has 7 amide bonds. The van der Waals surface area contributed by atoms with Gasteiger partial charge in [-0.1, -0.05) is 94.5 Å². The summed E-state index contributed by atoms with van der Waals surface area (Å²) in [4.78, 5) is 106. The lowest BCUT2D eigenvalue weighted by atomic mass is 9.83. The van der Waals surface area contributed by atoms with Crippen LogP contribution >= 0.6 is 43.5 Å². The topological polar surface area (TPSA) is 320 Å². The van der Waals surface area contributed by atoms with Gasteiger partial charge in [0, 0.05) is 55.1 Å². The van der Waals surface area contributed by atoms with Crippen molar-refractivity contribution in [3.05, 3.63) is 70.8 Å². The largest absolute Gasteiger partial charge is 0.495 e. The summed E-state index contributed by atoms with van der Waals surface area (Å²) < 4.78 is 29.4. The van der Waals surface area contributed by atoms with Gasteiger partial charge >= 0.3 is 18.2 Å². The molecule has 0 aromatic heterocycles. The van der Waals surface area contributed by atoms with Crippen molar-refractivity contribution in [2.75, 3.05) is 60.6 Å².